The minimum absolute atomic E-state index is 0.0203. The van der Waals surface area contributed by atoms with E-state index in [9.17, 15) is 0 Å². The lowest BCUT2D eigenvalue weighted by Crippen LogP contribution is -2.22. The van der Waals surface area contributed by atoms with Crippen molar-refractivity contribution in [2.75, 3.05) is 20.2 Å². The van der Waals surface area contributed by atoms with E-state index in [2.05, 4.69) is 47.2 Å². The van der Waals surface area contributed by atoms with Gasteiger partial charge < -0.3 is 9.26 Å². The molecule has 2 aromatic heterocycles. The summed E-state index contributed by atoms with van der Waals surface area (Å²) in [7, 11) is 3.64. The van der Waals surface area contributed by atoms with Crippen LogP contribution in [0.15, 0.2) is 16.8 Å². The molecule has 23 heavy (non-hydrogen) atoms. The molecular formula is C16H25N5O2. The van der Waals surface area contributed by atoms with Crippen LogP contribution in [0.5, 0.6) is 0 Å². The largest absolute Gasteiger partial charge is 0.379 e. The maximum atomic E-state index is 5.65. The molecule has 0 unspecified atom stereocenters. The van der Waals surface area contributed by atoms with Gasteiger partial charge in [0.2, 0.25) is 0 Å². The normalized spacial score (nSPS) is 22.8. The highest BCUT2D eigenvalue weighted by atomic mass is 16.5. The zero-order valence-electron chi connectivity index (χ0n) is 14.5. The number of methoxy groups -OCH3 is 1. The summed E-state index contributed by atoms with van der Waals surface area (Å²) in [6, 6.07) is 2.05. The number of rotatable bonds is 4. The fourth-order valence-electron chi connectivity index (χ4n) is 3.01. The van der Waals surface area contributed by atoms with Gasteiger partial charge in [0.05, 0.1) is 17.5 Å². The molecule has 7 heteroatoms. The van der Waals surface area contributed by atoms with Crippen molar-refractivity contribution in [2.24, 2.45) is 7.05 Å². The standard InChI is InChI=1S/C16H25N5O2/c1-16(2,3)15-6-11(18-23-15)7-21-8-12(14(10-21)22-5)13-9-20(4)19-17-13/h6,9,12,14H,7-8,10H2,1-5H3/t12-,14+/m0/s1. The molecule has 1 saturated heterocycles. The van der Waals surface area contributed by atoms with Crippen LogP contribution < -0.4 is 0 Å². The molecule has 0 amide bonds. The Balaban J connectivity index is 1.69. The molecule has 0 radical (unpaired) electrons. The van der Waals surface area contributed by atoms with Crippen LogP contribution in [-0.4, -0.2) is 51.4 Å². The number of likely N-dealkylation sites (tertiary alicyclic amines) is 1. The Morgan fingerprint density at radius 1 is 1.35 bits per heavy atom. The average molecular weight is 319 g/mol. The first-order valence-corrected chi connectivity index (χ1v) is 7.94. The van der Waals surface area contributed by atoms with E-state index in [1.807, 2.05) is 13.2 Å². The predicted molar refractivity (Wildman–Crippen MR) is 85.0 cm³/mol. The molecule has 0 aromatic carbocycles. The molecule has 0 aliphatic carbocycles. The van der Waals surface area contributed by atoms with Crippen LogP contribution in [-0.2, 0) is 23.7 Å². The molecule has 1 fully saturated rings. The monoisotopic (exact) mass is 319 g/mol. The second-order valence-corrected chi connectivity index (χ2v) is 7.32. The summed E-state index contributed by atoms with van der Waals surface area (Å²) in [6.45, 7) is 8.87. The highest BCUT2D eigenvalue weighted by Crippen LogP contribution is 2.30. The smallest absolute Gasteiger partial charge is 0.142 e. The van der Waals surface area contributed by atoms with Crippen LogP contribution in [0.2, 0.25) is 0 Å². The van der Waals surface area contributed by atoms with Gasteiger partial charge in [0.15, 0.2) is 0 Å². The molecular weight excluding hydrogens is 294 g/mol. The third-order valence-corrected chi connectivity index (χ3v) is 4.33. The van der Waals surface area contributed by atoms with Crippen LogP contribution >= 0.6 is 0 Å². The molecule has 3 heterocycles. The molecule has 1 aliphatic heterocycles. The Labute approximate surface area is 136 Å². The van der Waals surface area contributed by atoms with Crippen molar-refractivity contribution in [2.45, 2.75) is 44.8 Å². The summed E-state index contributed by atoms with van der Waals surface area (Å²) >= 11 is 0. The predicted octanol–water partition coefficient (Wildman–Crippen LogP) is 1.71. The Bertz CT molecular complexity index is 657. The van der Waals surface area contributed by atoms with E-state index in [4.69, 9.17) is 9.26 Å². The fourth-order valence-corrected chi connectivity index (χ4v) is 3.01. The van der Waals surface area contributed by atoms with Gasteiger partial charge in [0, 0.05) is 57.4 Å². The number of nitrogens with zero attached hydrogens (tertiary/aromatic N) is 5. The van der Waals surface area contributed by atoms with E-state index in [0.29, 0.717) is 0 Å². The van der Waals surface area contributed by atoms with E-state index in [1.165, 1.54) is 0 Å². The summed E-state index contributed by atoms with van der Waals surface area (Å²) < 4.78 is 12.9. The first-order chi connectivity index (χ1) is 10.9. The number of aryl methyl sites for hydroxylation is 1. The number of hydrogen-bond donors (Lipinski definition) is 0. The zero-order chi connectivity index (χ0) is 16.6. The van der Waals surface area contributed by atoms with Crippen molar-refractivity contribution in [3.05, 3.63) is 29.4 Å². The van der Waals surface area contributed by atoms with Crippen LogP contribution in [0.25, 0.3) is 0 Å². The number of hydrogen-bond acceptors (Lipinski definition) is 6. The Morgan fingerprint density at radius 2 is 2.13 bits per heavy atom. The van der Waals surface area contributed by atoms with Crippen molar-refractivity contribution >= 4 is 0 Å². The van der Waals surface area contributed by atoms with Gasteiger partial charge in [-0.3, -0.25) is 9.58 Å². The highest BCUT2D eigenvalue weighted by molar-refractivity contribution is 5.15. The number of aromatic nitrogens is 4. The maximum absolute atomic E-state index is 5.65. The molecule has 0 spiro atoms. The third-order valence-electron chi connectivity index (χ3n) is 4.33. The van der Waals surface area contributed by atoms with Gasteiger partial charge >= 0.3 is 0 Å². The van der Waals surface area contributed by atoms with Crippen LogP contribution in [0.1, 0.15) is 43.8 Å². The van der Waals surface area contributed by atoms with Gasteiger partial charge in [-0.05, 0) is 0 Å². The Morgan fingerprint density at radius 3 is 2.70 bits per heavy atom. The quantitative estimate of drug-likeness (QED) is 0.854. The van der Waals surface area contributed by atoms with E-state index in [1.54, 1.807) is 11.8 Å². The highest BCUT2D eigenvalue weighted by Gasteiger charge is 2.36. The average Bonchev–Trinajstić information content (AvgIpc) is 3.17. The first kappa shape index (κ1) is 16.1. The topological polar surface area (TPSA) is 69.2 Å². The molecule has 126 valence electrons. The van der Waals surface area contributed by atoms with Crippen LogP contribution in [0.3, 0.4) is 0 Å². The van der Waals surface area contributed by atoms with Crippen molar-refractivity contribution in [3.8, 4) is 0 Å². The lowest BCUT2D eigenvalue weighted by molar-refractivity contribution is 0.0955. The fraction of sp³-hybridized carbons (Fsp3) is 0.688. The SMILES string of the molecule is CO[C@@H]1CN(Cc2cc(C(C)(C)C)on2)C[C@H]1c1cn(C)nn1. The van der Waals surface area contributed by atoms with Crippen molar-refractivity contribution in [3.63, 3.8) is 0 Å². The van der Waals surface area contributed by atoms with E-state index < -0.39 is 0 Å². The summed E-state index contributed by atoms with van der Waals surface area (Å²) in [6.07, 6.45) is 2.09. The molecule has 1 aliphatic rings. The third kappa shape index (κ3) is 3.45. The van der Waals surface area contributed by atoms with Crippen molar-refractivity contribution in [1.82, 2.24) is 25.1 Å². The molecule has 0 N–H and O–H groups in total. The summed E-state index contributed by atoms with van der Waals surface area (Å²) in [4.78, 5) is 2.33. The summed E-state index contributed by atoms with van der Waals surface area (Å²) in [5, 5.41) is 12.5. The second kappa shape index (κ2) is 6.05. The minimum atomic E-state index is -0.0203. The Kier molecular flexibility index (Phi) is 4.25. The minimum Gasteiger partial charge on any atom is -0.379 e. The lowest BCUT2D eigenvalue weighted by atomic mass is 9.93. The number of ether oxygens (including phenoxy) is 1. The van der Waals surface area contributed by atoms with Gasteiger partial charge in [-0.2, -0.15) is 0 Å². The molecule has 0 bridgehead atoms. The molecule has 7 nitrogen and oxygen atoms in total. The molecule has 2 atom stereocenters. The van der Waals surface area contributed by atoms with Crippen LogP contribution in [0, 0.1) is 0 Å². The van der Waals surface area contributed by atoms with E-state index >= 15 is 0 Å². The van der Waals surface area contributed by atoms with Crippen molar-refractivity contribution in [1.29, 1.82) is 0 Å². The Hall–Kier alpha value is -1.73. The summed E-state index contributed by atoms with van der Waals surface area (Å²) in [5.74, 6) is 1.16. The van der Waals surface area contributed by atoms with E-state index in [-0.39, 0.29) is 17.4 Å². The molecule has 2 aromatic rings. The van der Waals surface area contributed by atoms with Crippen LogP contribution in [0.4, 0.5) is 0 Å². The summed E-state index contributed by atoms with van der Waals surface area (Å²) in [5.41, 5.74) is 1.93. The lowest BCUT2D eigenvalue weighted by Gasteiger charge is -2.13. The zero-order valence-corrected chi connectivity index (χ0v) is 14.5. The molecule has 0 saturated carbocycles. The van der Waals surface area contributed by atoms with Gasteiger partial charge in [0.25, 0.3) is 0 Å². The van der Waals surface area contributed by atoms with E-state index in [0.717, 1.165) is 36.8 Å². The first-order valence-electron chi connectivity index (χ1n) is 7.94. The van der Waals surface area contributed by atoms with Gasteiger partial charge in [0.1, 0.15) is 5.76 Å². The maximum Gasteiger partial charge on any atom is 0.142 e. The van der Waals surface area contributed by atoms with Gasteiger partial charge in [-0.1, -0.05) is 31.1 Å². The van der Waals surface area contributed by atoms with Crippen molar-refractivity contribution < 1.29 is 9.26 Å². The van der Waals surface area contributed by atoms with Gasteiger partial charge in [-0.25, -0.2) is 0 Å². The second-order valence-electron chi connectivity index (χ2n) is 7.32. The van der Waals surface area contributed by atoms with Gasteiger partial charge in [-0.15, -0.1) is 5.10 Å². The molecule has 3 rings (SSSR count).